The van der Waals surface area contributed by atoms with Crippen molar-refractivity contribution in [3.63, 3.8) is 0 Å². The van der Waals surface area contributed by atoms with E-state index in [9.17, 15) is 10.1 Å². The number of anilines is 1. The van der Waals surface area contributed by atoms with E-state index in [2.05, 4.69) is 27.4 Å². The van der Waals surface area contributed by atoms with Gasteiger partial charge in [0, 0.05) is 35.5 Å². The molecule has 1 aliphatic rings. The number of nitro groups is 1. The summed E-state index contributed by atoms with van der Waals surface area (Å²) in [6.45, 7) is 1.90. The summed E-state index contributed by atoms with van der Waals surface area (Å²) in [4.78, 5) is 19.5. The first-order valence-corrected chi connectivity index (χ1v) is 7.64. The van der Waals surface area contributed by atoms with Gasteiger partial charge in [-0.3, -0.25) is 10.1 Å². The highest BCUT2D eigenvalue weighted by molar-refractivity contribution is 5.61. The van der Waals surface area contributed by atoms with E-state index in [1.165, 1.54) is 12.1 Å². The van der Waals surface area contributed by atoms with Crippen LogP contribution in [0, 0.1) is 17.0 Å². The van der Waals surface area contributed by atoms with Crippen molar-refractivity contribution in [2.45, 2.75) is 32.2 Å². The van der Waals surface area contributed by atoms with E-state index in [0.29, 0.717) is 17.4 Å². The second-order valence-electron chi connectivity index (χ2n) is 5.65. The van der Waals surface area contributed by atoms with E-state index >= 15 is 0 Å². The van der Waals surface area contributed by atoms with Crippen molar-refractivity contribution < 1.29 is 4.92 Å². The minimum Gasteiger partial charge on any atom is -0.367 e. The SMILES string of the molecule is Cc1cc(NC2CC=CCC2)nc(-c2cccc([N+](=O)[O-])c2)n1. The fourth-order valence-electron chi connectivity index (χ4n) is 2.66. The van der Waals surface area contributed by atoms with Gasteiger partial charge in [-0.25, -0.2) is 9.97 Å². The molecule has 1 N–H and O–H groups in total. The third-order valence-electron chi connectivity index (χ3n) is 3.79. The zero-order valence-electron chi connectivity index (χ0n) is 12.9. The monoisotopic (exact) mass is 310 g/mol. The molecule has 1 aromatic carbocycles. The van der Waals surface area contributed by atoms with Gasteiger partial charge < -0.3 is 5.32 Å². The Hall–Kier alpha value is -2.76. The lowest BCUT2D eigenvalue weighted by atomic mass is 10.0. The first-order chi connectivity index (χ1) is 11.1. The van der Waals surface area contributed by atoms with Crippen molar-refractivity contribution in [2.75, 3.05) is 5.32 Å². The maximum absolute atomic E-state index is 10.9. The predicted molar refractivity (Wildman–Crippen MR) is 89.3 cm³/mol. The highest BCUT2D eigenvalue weighted by Crippen LogP contribution is 2.23. The number of hydrogen-bond donors (Lipinski definition) is 1. The number of aryl methyl sites for hydroxylation is 1. The van der Waals surface area contributed by atoms with E-state index in [1.54, 1.807) is 12.1 Å². The molecule has 23 heavy (non-hydrogen) atoms. The molecule has 1 aliphatic carbocycles. The number of hydrogen-bond acceptors (Lipinski definition) is 5. The van der Waals surface area contributed by atoms with Crippen molar-refractivity contribution in [1.29, 1.82) is 0 Å². The molecule has 0 spiro atoms. The number of rotatable bonds is 4. The van der Waals surface area contributed by atoms with Gasteiger partial charge in [-0.15, -0.1) is 0 Å². The molecule has 0 bridgehead atoms. The van der Waals surface area contributed by atoms with Crippen molar-refractivity contribution in [2.24, 2.45) is 0 Å². The van der Waals surface area contributed by atoms with Gasteiger partial charge in [-0.2, -0.15) is 0 Å². The van der Waals surface area contributed by atoms with Crippen molar-refractivity contribution in [3.05, 3.63) is 58.3 Å². The smallest absolute Gasteiger partial charge is 0.270 e. The summed E-state index contributed by atoms with van der Waals surface area (Å²) in [5.41, 5.74) is 1.52. The summed E-state index contributed by atoms with van der Waals surface area (Å²) in [5, 5.41) is 14.4. The molecule has 2 aromatic rings. The van der Waals surface area contributed by atoms with Gasteiger partial charge in [-0.05, 0) is 26.2 Å². The Balaban J connectivity index is 1.89. The lowest BCUT2D eigenvalue weighted by Crippen LogP contribution is -2.21. The van der Waals surface area contributed by atoms with Gasteiger partial charge >= 0.3 is 0 Å². The molecule has 0 saturated heterocycles. The second-order valence-corrected chi connectivity index (χ2v) is 5.65. The van der Waals surface area contributed by atoms with E-state index in [1.807, 2.05) is 13.0 Å². The quantitative estimate of drug-likeness (QED) is 0.526. The molecule has 6 nitrogen and oxygen atoms in total. The Bertz CT molecular complexity index is 758. The summed E-state index contributed by atoms with van der Waals surface area (Å²) in [6, 6.07) is 8.67. The molecule has 1 unspecified atom stereocenters. The molecule has 0 aliphatic heterocycles. The summed E-state index contributed by atoms with van der Waals surface area (Å²) >= 11 is 0. The maximum atomic E-state index is 10.9. The van der Waals surface area contributed by atoms with Crippen LogP contribution in [0.1, 0.15) is 25.0 Å². The molecule has 118 valence electrons. The molecule has 0 amide bonds. The number of non-ortho nitro benzene ring substituents is 1. The minimum atomic E-state index is -0.410. The highest BCUT2D eigenvalue weighted by Gasteiger charge is 2.13. The lowest BCUT2D eigenvalue weighted by molar-refractivity contribution is -0.384. The molecule has 0 radical (unpaired) electrons. The van der Waals surface area contributed by atoms with Crippen molar-refractivity contribution in [1.82, 2.24) is 9.97 Å². The molecule has 0 saturated carbocycles. The molecule has 1 aromatic heterocycles. The molecular formula is C17H18N4O2. The Labute approximate surface area is 134 Å². The fraction of sp³-hybridized carbons (Fsp3) is 0.294. The van der Waals surface area contributed by atoms with Crippen LogP contribution in [0.5, 0.6) is 0 Å². The second kappa shape index (κ2) is 6.56. The van der Waals surface area contributed by atoms with Crippen molar-refractivity contribution in [3.8, 4) is 11.4 Å². The molecule has 0 fully saturated rings. The zero-order chi connectivity index (χ0) is 16.2. The Kier molecular flexibility index (Phi) is 4.32. The van der Waals surface area contributed by atoms with Gasteiger partial charge in [0.05, 0.1) is 4.92 Å². The average Bonchev–Trinajstić information content (AvgIpc) is 2.55. The fourth-order valence-corrected chi connectivity index (χ4v) is 2.66. The summed E-state index contributed by atoms with van der Waals surface area (Å²) in [6.07, 6.45) is 7.50. The Morgan fingerprint density at radius 3 is 2.87 bits per heavy atom. The molecule has 6 heteroatoms. The number of aromatic nitrogens is 2. The Morgan fingerprint density at radius 1 is 1.26 bits per heavy atom. The van der Waals surface area contributed by atoms with Gasteiger partial charge in [0.2, 0.25) is 0 Å². The third kappa shape index (κ3) is 3.71. The normalized spacial score (nSPS) is 17.0. The first-order valence-electron chi connectivity index (χ1n) is 7.64. The maximum Gasteiger partial charge on any atom is 0.270 e. The van der Waals surface area contributed by atoms with Crippen LogP contribution >= 0.6 is 0 Å². The Morgan fingerprint density at radius 2 is 2.13 bits per heavy atom. The third-order valence-corrected chi connectivity index (χ3v) is 3.79. The van der Waals surface area contributed by atoms with Gasteiger partial charge in [-0.1, -0.05) is 24.3 Å². The molecule has 1 atom stereocenters. The topological polar surface area (TPSA) is 81.0 Å². The zero-order valence-corrected chi connectivity index (χ0v) is 12.9. The number of benzene rings is 1. The number of nitro benzene ring substituents is 1. The molecule has 3 rings (SSSR count). The number of nitrogens with zero attached hydrogens (tertiary/aromatic N) is 3. The van der Waals surface area contributed by atoms with Crippen LogP contribution in [0.15, 0.2) is 42.5 Å². The van der Waals surface area contributed by atoms with Gasteiger partial charge in [0.15, 0.2) is 5.82 Å². The predicted octanol–water partition coefficient (Wildman–Crippen LogP) is 3.88. The van der Waals surface area contributed by atoms with Crippen LogP contribution < -0.4 is 5.32 Å². The summed E-state index contributed by atoms with van der Waals surface area (Å²) in [7, 11) is 0. The van der Waals surface area contributed by atoms with E-state index in [-0.39, 0.29) is 5.69 Å². The summed E-state index contributed by atoms with van der Waals surface area (Å²) in [5.74, 6) is 1.27. The van der Waals surface area contributed by atoms with Crippen LogP contribution in [0.2, 0.25) is 0 Å². The van der Waals surface area contributed by atoms with E-state index in [0.717, 1.165) is 30.8 Å². The number of allylic oxidation sites excluding steroid dienone is 1. The van der Waals surface area contributed by atoms with Crippen LogP contribution in [-0.4, -0.2) is 20.9 Å². The minimum absolute atomic E-state index is 0.0412. The standard InChI is InChI=1S/C17H18N4O2/c1-12-10-16(19-14-7-3-2-4-8-14)20-17(18-12)13-6-5-9-15(11-13)21(22)23/h2-3,5-6,9-11,14H,4,7-8H2,1H3,(H,18,19,20). The van der Waals surface area contributed by atoms with E-state index < -0.39 is 4.92 Å². The highest BCUT2D eigenvalue weighted by atomic mass is 16.6. The van der Waals surface area contributed by atoms with Gasteiger partial charge in [0.25, 0.3) is 5.69 Å². The van der Waals surface area contributed by atoms with Crippen LogP contribution in [-0.2, 0) is 0 Å². The largest absolute Gasteiger partial charge is 0.367 e. The van der Waals surface area contributed by atoms with Crippen LogP contribution in [0.3, 0.4) is 0 Å². The van der Waals surface area contributed by atoms with Crippen LogP contribution in [0.25, 0.3) is 11.4 Å². The molecule has 1 heterocycles. The van der Waals surface area contributed by atoms with Crippen molar-refractivity contribution >= 4 is 11.5 Å². The number of nitrogens with one attached hydrogen (secondary N) is 1. The summed E-state index contributed by atoms with van der Waals surface area (Å²) < 4.78 is 0. The van der Waals surface area contributed by atoms with E-state index in [4.69, 9.17) is 0 Å². The first kappa shape index (κ1) is 15.1. The van der Waals surface area contributed by atoms with Gasteiger partial charge in [0.1, 0.15) is 5.82 Å². The van der Waals surface area contributed by atoms with Crippen LogP contribution in [0.4, 0.5) is 11.5 Å². The molecular weight excluding hydrogens is 292 g/mol. The average molecular weight is 310 g/mol. The lowest BCUT2D eigenvalue weighted by Gasteiger charge is -2.20.